The highest BCUT2D eigenvalue weighted by molar-refractivity contribution is 9.09. The van der Waals surface area contributed by atoms with Gasteiger partial charge in [0.15, 0.2) is 0 Å². The summed E-state index contributed by atoms with van der Waals surface area (Å²) in [5.74, 6) is 0.619. The predicted molar refractivity (Wildman–Crippen MR) is 88.6 cm³/mol. The third kappa shape index (κ3) is 3.44. The van der Waals surface area contributed by atoms with Crippen LogP contribution in [0.25, 0.3) is 0 Å². The lowest BCUT2D eigenvalue weighted by atomic mass is 10.0. The zero-order chi connectivity index (χ0) is 13.8. The summed E-state index contributed by atoms with van der Waals surface area (Å²) in [5, 5.41) is 1.06. The molecule has 0 saturated carbocycles. The maximum atomic E-state index is 3.70. The average Bonchev–Trinajstić information content (AvgIpc) is 3.16. The van der Waals surface area contributed by atoms with Crippen LogP contribution in [0.1, 0.15) is 30.7 Å². The first kappa shape index (κ1) is 14.6. The third-order valence-corrected chi connectivity index (χ3v) is 5.62. The van der Waals surface area contributed by atoms with E-state index in [9.17, 15) is 0 Å². The normalized spacial score (nSPS) is 26.1. The molecule has 0 aromatic heterocycles. The van der Waals surface area contributed by atoms with E-state index in [1.807, 2.05) is 0 Å². The molecule has 2 unspecified atom stereocenters. The van der Waals surface area contributed by atoms with Crippen LogP contribution >= 0.6 is 15.9 Å². The fourth-order valence-corrected chi connectivity index (χ4v) is 4.24. The first-order chi connectivity index (χ1) is 9.86. The maximum Gasteiger partial charge on any atom is 0.0235 e. The maximum absolute atomic E-state index is 3.70. The summed E-state index contributed by atoms with van der Waals surface area (Å²) in [6.45, 7) is 6.41. The molecule has 2 aliphatic rings. The van der Waals surface area contributed by atoms with Crippen molar-refractivity contribution in [2.24, 2.45) is 0 Å². The molecule has 2 nitrogen and oxygen atoms in total. The Morgan fingerprint density at radius 3 is 2.55 bits per heavy atom. The summed E-state index contributed by atoms with van der Waals surface area (Å²) in [5.41, 5.74) is 1.47. The minimum absolute atomic E-state index is 0.619. The molecular weight excluding hydrogens is 312 g/mol. The first-order valence-electron chi connectivity index (χ1n) is 7.94. The summed E-state index contributed by atoms with van der Waals surface area (Å²) in [4.78, 5) is 5.38. The van der Waals surface area contributed by atoms with Crippen LogP contribution < -0.4 is 0 Å². The Balaban J connectivity index is 1.55. The van der Waals surface area contributed by atoms with Crippen molar-refractivity contribution < 1.29 is 0 Å². The van der Waals surface area contributed by atoms with Gasteiger partial charge >= 0.3 is 0 Å². The fraction of sp³-hybridized carbons (Fsp3) is 0.647. The van der Waals surface area contributed by atoms with Crippen LogP contribution in [0.15, 0.2) is 30.3 Å². The van der Waals surface area contributed by atoms with Gasteiger partial charge < -0.3 is 4.90 Å². The van der Waals surface area contributed by atoms with Crippen LogP contribution in [-0.4, -0.2) is 53.9 Å². The lowest BCUT2D eigenvalue weighted by Gasteiger charge is -2.25. The van der Waals surface area contributed by atoms with Gasteiger partial charge in [0.1, 0.15) is 0 Å². The highest BCUT2D eigenvalue weighted by Crippen LogP contribution is 2.24. The second kappa shape index (κ2) is 7.06. The Bertz CT molecular complexity index is 403. The lowest BCUT2D eigenvalue weighted by Crippen LogP contribution is -2.36. The van der Waals surface area contributed by atoms with Crippen LogP contribution in [0, 0.1) is 0 Å². The zero-order valence-corrected chi connectivity index (χ0v) is 13.8. The topological polar surface area (TPSA) is 6.48 Å². The number of hydrogen-bond acceptors (Lipinski definition) is 2. The van der Waals surface area contributed by atoms with Gasteiger partial charge in [-0.3, -0.25) is 4.90 Å². The lowest BCUT2D eigenvalue weighted by molar-refractivity contribution is 0.229. The predicted octanol–water partition coefficient (Wildman–Crippen LogP) is 3.34. The summed E-state index contributed by atoms with van der Waals surface area (Å²) in [7, 11) is 0. The number of benzene rings is 1. The molecule has 1 aromatic rings. The first-order valence-corrected chi connectivity index (χ1v) is 9.06. The molecule has 2 aliphatic heterocycles. The minimum Gasteiger partial charge on any atom is -0.301 e. The molecule has 2 heterocycles. The number of alkyl halides is 1. The van der Waals surface area contributed by atoms with Gasteiger partial charge in [-0.05, 0) is 44.5 Å². The molecule has 0 radical (unpaired) electrons. The van der Waals surface area contributed by atoms with Crippen LogP contribution in [0.5, 0.6) is 0 Å². The summed E-state index contributed by atoms with van der Waals surface area (Å²) >= 11 is 3.70. The van der Waals surface area contributed by atoms with Crippen molar-refractivity contribution in [3.63, 3.8) is 0 Å². The molecule has 3 rings (SSSR count). The van der Waals surface area contributed by atoms with Gasteiger partial charge in [-0.25, -0.2) is 0 Å². The van der Waals surface area contributed by atoms with Crippen molar-refractivity contribution >= 4 is 15.9 Å². The molecule has 0 bridgehead atoms. The Morgan fingerprint density at radius 1 is 1.10 bits per heavy atom. The van der Waals surface area contributed by atoms with E-state index in [0.717, 1.165) is 11.4 Å². The van der Waals surface area contributed by atoms with E-state index in [4.69, 9.17) is 0 Å². The van der Waals surface area contributed by atoms with Crippen LogP contribution in [0.2, 0.25) is 0 Å². The molecule has 2 saturated heterocycles. The second-order valence-electron chi connectivity index (χ2n) is 6.21. The molecule has 110 valence electrons. The number of hydrogen-bond donors (Lipinski definition) is 0. The Labute approximate surface area is 131 Å². The largest absolute Gasteiger partial charge is 0.301 e. The van der Waals surface area contributed by atoms with E-state index < -0.39 is 0 Å². The highest BCUT2D eigenvalue weighted by atomic mass is 79.9. The molecule has 0 spiro atoms. The molecule has 0 N–H and O–H groups in total. The van der Waals surface area contributed by atoms with Crippen molar-refractivity contribution in [2.45, 2.75) is 31.2 Å². The third-order valence-electron chi connectivity index (χ3n) is 4.84. The quantitative estimate of drug-likeness (QED) is 0.761. The van der Waals surface area contributed by atoms with Crippen LogP contribution in [0.4, 0.5) is 0 Å². The van der Waals surface area contributed by atoms with Crippen molar-refractivity contribution in [1.82, 2.24) is 9.80 Å². The van der Waals surface area contributed by atoms with Gasteiger partial charge in [0.2, 0.25) is 0 Å². The van der Waals surface area contributed by atoms with Gasteiger partial charge in [0.05, 0.1) is 0 Å². The molecule has 2 atom stereocenters. The number of likely N-dealkylation sites (tertiary alicyclic amines) is 2. The monoisotopic (exact) mass is 336 g/mol. The van der Waals surface area contributed by atoms with Gasteiger partial charge in [-0.2, -0.15) is 0 Å². The zero-order valence-electron chi connectivity index (χ0n) is 12.2. The molecule has 1 aromatic carbocycles. The molecule has 2 fully saturated rings. The molecule has 3 heteroatoms. The SMILES string of the molecule is BrCC(CN1CCC(N2CCCC2)C1)c1ccccc1. The standard InChI is InChI=1S/C17H25BrN2/c18-12-16(15-6-2-1-3-7-15)13-19-11-8-17(14-19)20-9-4-5-10-20/h1-3,6-7,16-17H,4-5,8-14H2. The molecule has 0 amide bonds. The van der Waals surface area contributed by atoms with E-state index in [2.05, 4.69) is 56.1 Å². The number of rotatable bonds is 5. The van der Waals surface area contributed by atoms with Crippen LogP contribution in [0.3, 0.4) is 0 Å². The Kier molecular flexibility index (Phi) is 5.14. The van der Waals surface area contributed by atoms with E-state index in [1.165, 1.54) is 57.5 Å². The van der Waals surface area contributed by atoms with E-state index in [1.54, 1.807) is 0 Å². The van der Waals surface area contributed by atoms with Crippen molar-refractivity contribution in [1.29, 1.82) is 0 Å². The minimum atomic E-state index is 0.619. The van der Waals surface area contributed by atoms with Gasteiger partial charge in [-0.1, -0.05) is 46.3 Å². The van der Waals surface area contributed by atoms with Gasteiger partial charge in [0.25, 0.3) is 0 Å². The molecule has 0 aliphatic carbocycles. The van der Waals surface area contributed by atoms with Gasteiger partial charge in [-0.15, -0.1) is 0 Å². The van der Waals surface area contributed by atoms with Gasteiger partial charge in [0, 0.05) is 30.4 Å². The van der Waals surface area contributed by atoms with Crippen molar-refractivity contribution in [2.75, 3.05) is 38.1 Å². The summed E-state index contributed by atoms with van der Waals surface area (Å²) < 4.78 is 0. The number of halogens is 1. The second-order valence-corrected chi connectivity index (χ2v) is 6.85. The average molecular weight is 337 g/mol. The molecule has 20 heavy (non-hydrogen) atoms. The van der Waals surface area contributed by atoms with E-state index in [0.29, 0.717) is 5.92 Å². The van der Waals surface area contributed by atoms with Crippen molar-refractivity contribution in [3.05, 3.63) is 35.9 Å². The van der Waals surface area contributed by atoms with E-state index in [-0.39, 0.29) is 0 Å². The summed E-state index contributed by atoms with van der Waals surface area (Å²) in [6.07, 6.45) is 4.18. The van der Waals surface area contributed by atoms with Crippen molar-refractivity contribution in [3.8, 4) is 0 Å². The number of nitrogens with zero attached hydrogens (tertiary/aromatic N) is 2. The molecular formula is C17H25BrN2. The Morgan fingerprint density at radius 2 is 1.85 bits per heavy atom. The fourth-order valence-electron chi connectivity index (χ4n) is 3.66. The highest BCUT2D eigenvalue weighted by Gasteiger charge is 2.30. The summed E-state index contributed by atoms with van der Waals surface area (Å²) in [6, 6.07) is 11.8. The van der Waals surface area contributed by atoms with Crippen LogP contribution in [-0.2, 0) is 0 Å². The Hall–Kier alpha value is -0.380. The smallest absolute Gasteiger partial charge is 0.0235 e. The van der Waals surface area contributed by atoms with E-state index >= 15 is 0 Å².